The standard InChI is InChI=1S/C22H15ClN2OS2/c23-16-12-9-15(10-13-16)11-14-17-5-4-8-19(24-17)20-21(26)25(22(27)28-20)18-6-2-1-3-7-18/h1-14,26H/b14-11+. The molecule has 2 aromatic heterocycles. The zero-order chi connectivity index (χ0) is 19.5. The Morgan fingerprint density at radius 1 is 0.929 bits per heavy atom. The lowest BCUT2D eigenvalue weighted by Gasteiger charge is -2.05. The van der Waals surface area contributed by atoms with Gasteiger partial charge in [-0.15, -0.1) is 0 Å². The molecule has 4 rings (SSSR count). The molecule has 0 unspecified atom stereocenters. The van der Waals surface area contributed by atoms with E-state index in [1.807, 2.05) is 84.9 Å². The normalized spacial score (nSPS) is 11.2. The summed E-state index contributed by atoms with van der Waals surface area (Å²) in [6, 6.07) is 22.9. The molecule has 0 aliphatic rings. The van der Waals surface area contributed by atoms with E-state index in [0.29, 0.717) is 19.5 Å². The fourth-order valence-electron chi connectivity index (χ4n) is 2.76. The molecule has 0 saturated carbocycles. The highest BCUT2D eigenvalue weighted by molar-refractivity contribution is 7.73. The number of thiazole rings is 1. The lowest BCUT2D eigenvalue weighted by Crippen LogP contribution is -1.92. The predicted octanol–water partition coefficient (Wildman–Crippen LogP) is 6.86. The predicted molar refractivity (Wildman–Crippen MR) is 120 cm³/mol. The first-order chi connectivity index (χ1) is 13.6. The van der Waals surface area contributed by atoms with Gasteiger partial charge in [-0.05, 0) is 60.3 Å². The van der Waals surface area contributed by atoms with Crippen molar-refractivity contribution >= 4 is 47.3 Å². The van der Waals surface area contributed by atoms with E-state index < -0.39 is 0 Å². The Labute approximate surface area is 176 Å². The van der Waals surface area contributed by atoms with Crippen molar-refractivity contribution < 1.29 is 5.11 Å². The van der Waals surface area contributed by atoms with Gasteiger partial charge in [0.15, 0.2) is 3.95 Å². The quantitative estimate of drug-likeness (QED) is 0.365. The van der Waals surface area contributed by atoms with Crippen LogP contribution in [0.1, 0.15) is 11.3 Å². The van der Waals surface area contributed by atoms with Gasteiger partial charge in [-0.2, -0.15) is 0 Å². The van der Waals surface area contributed by atoms with E-state index in [1.165, 1.54) is 11.3 Å². The van der Waals surface area contributed by atoms with Crippen LogP contribution in [0.4, 0.5) is 0 Å². The van der Waals surface area contributed by atoms with Crippen molar-refractivity contribution in [2.45, 2.75) is 0 Å². The maximum absolute atomic E-state index is 10.8. The first-order valence-corrected chi connectivity index (χ1v) is 10.1. The smallest absolute Gasteiger partial charge is 0.217 e. The molecular formula is C22H15ClN2OS2. The summed E-state index contributed by atoms with van der Waals surface area (Å²) in [5, 5.41) is 11.5. The van der Waals surface area contributed by atoms with Crippen molar-refractivity contribution in [1.29, 1.82) is 0 Å². The minimum Gasteiger partial charge on any atom is -0.493 e. The molecule has 6 heteroatoms. The highest BCUT2D eigenvalue weighted by Crippen LogP contribution is 2.37. The molecule has 0 aliphatic carbocycles. The third kappa shape index (κ3) is 3.92. The van der Waals surface area contributed by atoms with Crippen LogP contribution in [0.3, 0.4) is 0 Å². The summed E-state index contributed by atoms with van der Waals surface area (Å²) < 4.78 is 2.23. The van der Waals surface area contributed by atoms with Gasteiger partial charge >= 0.3 is 0 Å². The Balaban J connectivity index is 1.69. The molecule has 0 amide bonds. The molecule has 0 atom stereocenters. The second kappa shape index (κ2) is 8.10. The topological polar surface area (TPSA) is 38.1 Å². The SMILES string of the molecule is Oc1c(-c2cccc(/C=C/c3ccc(Cl)cc3)n2)sc(=S)n1-c1ccccc1. The minimum absolute atomic E-state index is 0.104. The zero-order valence-electron chi connectivity index (χ0n) is 14.6. The summed E-state index contributed by atoms with van der Waals surface area (Å²) >= 11 is 12.7. The van der Waals surface area contributed by atoms with Crippen LogP contribution < -0.4 is 0 Å². The lowest BCUT2D eigenvalue weighted by atomic mass is 10.2. The number of benzene rings is 2. The van der Waals surface area contributed by atoms with Gasteiger partial charge in [0.2, 0.25) is 5.88 Å². The number of aromatic hydroxyl groups is 1. The van der Waals surface area contributed by atoms with Gasteiger partial charge in [0, 0.05) is 5.02 Å². The molecule has 0 saturated heterocycles. The lowest BCUT2D eigenvalue weighted by molar-refractivity contribution is 0.444. The first-order valence-electron chi connectivity index (χ1n) is 8.53. The zero-order valence-corrected chi connectivity index (χ0v) is 17.0. The van der Waals surface area contributed by atoms with Gasteiger partial charge in [0.05, 0.1) is 17.1 Å². The largest absolute Gasteiger partial charge is 0.493 e. The summed E-state index contributed by atoms with van der Waals surface area (Å²) in [6.45, 7) is 0. The summed E-state index contributed by atoms with van der Waals surface area (Å²) in [5.41, 5.74) is 3.33. The number of hydrogen-bond acceptors (Lipinski definition) is 4. The second-order valence-electron chi connectivity index (χ2n) is 6.02. The molecule has 2 heterocycles. The van der Waals surface area contributed by atoms with Crippen LogP contribution in [0, 0.1) is 3.95 Å². The highest BCUT2D eigenvalue weighted by Gasteiger charge is 2.16. The van der Waals surface area contributed by atoms with Gasteiger partial charge in [-0.25, -0.2) is 4.98 Å². The van der Waals surface area contributed by atoms with Crippen molar-refractivity contribution in [1.82, 2.24) is 9.55 Å². The van der Waals surface area contributed by atoms with Crippen molar-refractivity contribution in [3.05, 3.63) is 93.0 Å². The molecule has 2 aromatic carbocycles. The van der Waals surface area contributed by atoms with Crippen LogP contribution in [-0.4, -0.2) is 14.7 Å². The van der Waals surface area contributed by atoms with Crippen LogP contribution in [0.5, 0.6) is 5.88 Å². The van der Waals surface area contributed by atoms with Gasteiger partial charge in [-0.1, -0.05) is 65.4 Å². The summed E-state index contributed by atoms with van der Waals surface area (Å²) in [6.07, 6.45) is 3.90. The van der Waals surface area contributed by atoms with Crippen molar-refractivity contribution in [2.75, 3.05) is 0 Å². The fraction of sp³-hybridized carbons (Fsp3) is 0. The highest BCUT2D eigenvalue weighted by atomic mass is 35.5. The molecule has 0 aliphatic heterocycles. The van der Waals surface area contributed by atoms with Crippen LogP contribution in [0.15, 0.2) is 72.8 Å². The van der Waals surface area contributed by atoms with Gasteiger partial charge in [-0.3, -0.25) is 4.57 Å². The molecule has 0 bridgehead atoms. The number of nitrogens with zero attached hydrogens (tertiary/aromatic N) is 2. The summed E-state index contributed by atoms with van der Waals surface area (Å²) in [4.78, 5) is 5.31. The molecule has 0 radical (unpaired) electrons. The van der Waals surface area contributed by atoms with Crippen molar-refractivity contribution in [3.8, 4) is 22.1 Å². The number of rotatable bonds is 4. The average Bonchev–Trinajstić information content (AvgIpc) is 3.02. The Kier molecular flexibility index (Phi) is 5.39. The molecule has 3 nitrogen and oxygen atoms in total. The van der Waals surface area contributed by atoms with E-state index in [-0.39, 0.29) is 5.88 Å². The maximum atomic E-state index is 10.8. The molecule has 0 fully saturated rings. The van der Waals surface area contributed by atoms with E-state index >= 15 is 0 Å². The van der Waals surface area contributed by atoms with E-state index in [2.05, 4.69) is 4.98 Å². The third-order valence-corrected chi connectivity index (χ3v) is 5.76. The average molecular weight is 423 g/mol. The Hall–Kier alpha value is -2.73. The van der Waals surface area contributed by atoms with Gasteiger partial charge in [0.1, 0.15) is 4.88 Å². The van der Waals surface area contributed by atoms with E-state index in [9.17, 15) is 5.11 Å². The first kappa shape index (κ1) is 18.6. The fourth-order valence-corrected chi connectivity index (χ4v) is 4.19. The van der Waals surface area contributed by atoms with Crippen LogP contribution in [0.2, 0.25) is 5.02 Å². The van der Waals surface area contributed by atoms with Crippen molar-refractivity contribution in [2.24, 2.45) is 0 Å². The number of halogens is 1. The number of aromatic nitrogens is 2. The third-order valence-electron chi connectivity index (χ3n) is 4.12. The van der Waals surface area contributed by atoms with E-state index in [4.69, 9.17) is 23.8 Å². The Morgan fingerprint density at radius 2 is 1.68 bits per heavy atom. The molecule has 0 spiro atoms. The molecule has 4 aromatic rings. The number of para-hydroxylation sites is 1. The number of hydrogen-bond donors (Lipinski definition) is 1. The van der Waals surface area contributed by atoms with Crippen LogP contribution >= 0.6 is 35.2 Å². The van der Waals surface area contributed by atoms with Gasteiger partial charge < -0.3 is 5.11 Å². The van der Waals surface area contributed by atoms with E-state index in [0.717, 1.165) is 16.9 Å². The van der Waals surface area contributed by atoms with Crippen LogP contribution in [-0.2, 0) is 0 Å². The minimum atomic E-state index is 0.104. The monoisotopic (exact) mass is 422 g/mol. The Bertz CT molecular complexity index is 1200. The second-order valence-corrected chi connectivity index (χ2v) is 8.10. The maximum Gasteiger partial charge on any atom is 0.217 e. The Morgan fingerprint density at radius 3 is 2.43 bits per heavy atom. The summed E-state index contributed by atoms with van der Waals surface area (Å²) in [7, 11) is 0. The molecule has 28 heavy (non-hydrogen) atoms. The van der Waals surface area contributed by atoms with Crippen LogP contribution in [0.25, 0.3) is 28.4 Å². The van der Waals surface area contributed by atoms with Crippen molar-refractivity contribution in [3.63, 3.8) is 0 Å². The molecule has 1 N–H and O–H groups in total. The van der Waals surface area contributed by atoms with E-state index in [1.54, 1.807) is 4.57 Å². The summed E-state index contributed by atoms with van der Waals surface area (Å²) in [5.74, 6) is 0.104. The van der Waals surface area contributed by atoms with Gasteiger partial charge in [0.25, 0.3) is 0 Å². The number of pyridine rings is 1. The molecular weight excluding hydrogens is 408 g/mol. The molecule has 138 valence electrons.